The fourth-order valence-corrected chi connectivity index (χ4v) is 3.17. The van der Waals surface area contributed by atoms with Gasteiger partial charge in [0.15, 0.2) is 0 Å². The smallest absolute Gasteiger partial charge is 0.0603 e. The molecule has 0 unspecified atom stereocenters. The average Bonchev–Trinajstić information content (AvgIpc) is 2.47. The molecular formula is C17H34N2O2. The summed E-state index contributed by atoms with van der Waals surface area (Å²) in [6.07, 6.45) is 5.80. The number of rotatable bonds is 7. The van der Waals surface area contributed by atoms with Crippen molar-refractivity contribution in [2.24, 2.45) is 5.92 Å². The van der Waals surface area contributed by atoms with Gasteiger partial charge < -0.3 is 19.3 Å². The highest BCUT2D eigenvalue weighted by molar-refractivity contribution is 4.76. The second-order valence-electron chi connectivity index (χ2n) is 7.15. The van der Waals surface area contributed by atoms with E-state index in [9.17, 15) is 0 Å². The van der Waals surface area contributed by atoms with Crippen LogP contribution in [0.3, 0.4) is 0 Å². The maximum atomic E-state index is 6.30. The molecule has 2 heterocycles. The van der Waals surface area contributed by atoms with Crippen LogP contribution in [0.4, 0.5) is 0 Å². The quantitative estimate of drug-likeness (QED) is 0.673. The Kier molecular flexibility index (Phi) is 7.44. The molecule has 0 aliphatic carbocycles. The molecule has 2 aliphatic rings. The van der Waals surface area contributed by atoms with Crippen molar-refractivity contribution in [2.45, 2.75) is 51.7 Å². The van der Waals surface area contributed by atoms with E-state index >= 15 is 0 Å². The predicted molar refractivity (Wildman–Crippen MR) is 86.7 cm³/mol. The van der Waals surface area contributed by atoms with Crippen LogP contribution in [0.15, 0.2) is 0 Å². The average molecular weight is 298 g/mol. The van der Waals surface area contributed by atoms with Gasteiger partial charge in [-0.3, -0.25) is 0 Å². The Labute approximate surface area is 130 Å². The zero-order valence-electron chi connectivity index (χ0n) is 14.2. The molecule has 2 aliphatic heterocycles. The Bertz CT molecular complexity index is 270. The molecule has 2 fully saturated rings. The number of nitrogens with zero attached hydrogens (tertiary/aromatic N) is 2. The molecule has 0 radical (unpaired) electrons. The van der Waals surface area contributed by atoms with Gasteiger partial charge in [0.25, 0.3) is 0 Å². The standard InChI is InChI=1S/C17H34N2O2/c1-15(2)14-20-13-12-19-10-6-17(7-11-19)21-16-4-8-18(3)9-5-16/h15-17H,4-14H2,1-3H3. The van der Waals surface area contributed by atoms with Crippen molar-refractivity contribution in [2.75, 3.05) is 53.0 Å². The Morgan fingerprint density at radius 1 is 0.952 bits per heavy atom. The van der Waals surface area contributed by atoms with E-state index in [4.69, 9.17) is 9.47 Å². The first-order chi connectivity index (χ1) is 10.1. The Balaban J connectivity index is 1.54. The van der Waals surface area contributed by atoms with Crippen LogP contribution in [0.25, 0.3) is 0 Å². The van der Waals surface area contributed by atoms with E-state index in [1.165, 1.54) is 51.9 Å². The van der Waals surface area contributed by atoms with Gasteiger partial charge in [-0.15, -0.1) is 0 Å². The molecule has 2 rings (SSSR count). The number of ether oxygens (including phenoxy) is 2. The maximum Gasteiger partial charge on any atom is 0.0603 e. The molecular weight excluding hydrogens is 264 g/mol. The topological polar surface area (TPSA) is 24.9 Å². The van der Waals surface area contributed by atoms with Gasteiger partial charge in [0.05, 0.1) is 18.8 Å². The van der Waals surface area contributed by atoms with Gasteiger partial charge in [0, 0.05) is 39.3 Å². The van der Waals surface area contributed by atoms with E-state index in [0.29, 0.717) is 18.1 Å². The fourth-order valence-electron chi connectivity index (χ4n) is 3.17. The van der Waals surface area contributed by atoms with Crippen LogP contribution in [-0.2, 0) is 9.47 Å². The molecule has 2 saturated heterocycles. The summed E-state index contributed by atoms with van der Waals surface area (Å²) in [5.41, 5.74) is 0. The number of hydrogen-bond donors (Lipinski definition) is 0. The van der Waals surface area contributed by atoms with Crippen molar-refractivity contribution in [3.05, 3.63) is 0 Å². The van der Waals surface area contributed by atoms with Crippen molar-refractivity contribution in [1.82, 2.24) is 9.80 Å². The van der Waals surface area contributed by atoms with Gasteiger partial charge in [-0.25, -0.2) is 0 Å². The first-order valence-electron chi connectivity index (χ1n) is 8.77. The Morgan fingerprint density at radius 3 is 2.10 bits per heavy atom. The minimum Gasteiger partial charge on any atom is -0.380 e. The van der Waals surface area contributed by atoms with E-state index in [1.54, 1.807) is 0 Å². The van der Waals surface area contributed by atoms with E-state index in [0.717, 1.165) is 19.8 Å². The SMILES string of the molecule is CC(C)COCCN1CCC(OC2CCN(C)CC2)CC1. The van der Waals surface area contributed by atoms with E-state index in [1.807, 2.05) is 0 Å². The maximum absolute atomic E-state index is 6.30. The summed E-state index contributed by atoms with van der Waals surface area (Å²) in [6, 6.07) is 0. The van der Waals surface area contributed by atoms with Gasteiger partial charge >= 0.3 is 0 Å². The van der Waals surface area contributed by atoms with Crippen LogP contribution in [0.1, 0.15) is 39.5 Å². The summed E-state index contributed by atoms with van der Waals surface area (Å²) in [7, 11) is 2.20. The molecule has 0 spiro atoms. The first-order valence-corrected chi connectivity index (χ1v) is 8.77. The van der Waals surface area contributed by atoms with Crippen LogP contribution < -0.4 is 0 Å². The molecule has 0 aromatic heterocycles. The number of hydrogen-bond acceptors (Lipinski definition) is 4. The van der Waals surface area contributed by atoms with Crippen molar-refractivity contribution in [3.63, 3.8) is 0 Å². The van der Waals surface area contributed by atoms with Crippen molar-refractivity contribution in [3.8, 4) is 0 Å². The molecule has 0 saturated carbocycles. The van der Waals surface area contributed by atoms with Gasteiger partial charge in [0.2, 0.25) is 0 Å². The molecule has 21 heavy (non-hydrogen) atoms. The Morgan fingerprint density at radius 2 is 1.52 bits per heavy atom. The molecule has 0 atom stereocenters. The highest BCUT2D eigenvalue weighted by Gasteiger charge is 2.24. The van der Waals surface area contributed by atoms with Gasteiger partial charge in [-0.05, 0) is 38.6 Å². The molecule has 124 valence electrons. The second-order valence-corrected chi connectivity index (χ2v) is 7.15. The first kappa shape index (κ1) is 17.2. The minimum absolute atomic E-state index is 0.492. The predicted octanol–water partition coefficient (Wildman–Crippen LogP) is 2.23. The molecule has 0 aromatic carbocycles. The molecule has 0 bridgehead atoms. The van der Waals surface area contributed by atoms with Gasteiger partial charge in [-0.1, -0.05) is 13.8 Å². The monoisotopic (exact) mass is 298 g/mol. The lowest BCUT2D eigenvalue weighted by Gasteiger charge is -2.36. The fraction of sp³-hybridized carbons (Fsp3) is 1.00. The van der Waals surface area contributed by atoms with Crippen LogP contribution in [0.2, 0.25) is 0 Å². The minimum atomic E-state index is 0.492. The summed E-state index contributed by atoms with van der Waals surface area (Å²) >= 11 is 0. The molecule has 4 heteroatoms. The lowest BCUT2D eigenvalue weighted by Crippen LogP contribution is -2.42. The third-order valence-electron chi connectivity index (χ3n) is 4.59. The van der Waals surface area contributed by atoms with Crippen LogP contribution >= 0.6 is 0 Å². The van der Waals surface area contributed by atoms with Crippen LogP contribution in [0.5, 0.6) is 0 Å². The summed E-state index contributed by atoms with van der Waals surface area (Å²) < 4.78 is 12.0. The van der Waals surface area contributed by atoms with Crippen LogP contribution in [-0.4, -0.2) is 75.0 Å². The van der Waals surface area contributed by atoms with Crippen molar-refractivity contribution >= 4 is 0 Å². The lowest BCUT2D eigenvalue weighted by atomic mass is 10.0. The summed E-state index contributed by atoms with van der Waals surface area (Å²) in [6.45, 7) is 12.0. The zero-order chi connectivity index (χ0) is 15.1. The second kappa shape index (κ2) is 9.09. The van der Waals surface area contributed by atoms with Gasteiger partial charge in [0.1, 0.15) is 0 Å². The van der Waals surface area contributed by atoms with Crippen molar-refractivity contribution < 1.29 is 9.47 Å². The summed E-state index contributed by atoms with van der Waals surface area (Å²) in [4.78, 5) is 4.93. The third-order valence-corrected chi connectivity index (χ3v) is 4.59. The lowest BCUT2D eigenvalue weighted by molar-refractivity contribution is -0.0646. The van der Waals surface area contributed by atoms with E-state index in [2.05, 4.69) is 30.7 Å². The molecule has 4 nitrogen and oxygen atoms in total. The normalized spacial score (nSPS) is 24.0. The number of likely N-dealkylation sites (tertiary alicyclic amines) is 2. The molecule has 0 N–H and O–H groups in total. The third kappa shape index (κ3) is 6.64. The van der Waals surface area contributed by atoms with E-state index in [-0.39, 0.29) is 0 Å². The van der Waals surface area contributed by atoms with Gasteiger partial charge in [-0.2, -0.15) is 0 Å². The zero-order valence-corrected chi connectivity index (χ0v) is 14.2. The summed E-state index contributed by atoms with van der Waals surface area (Å²) in [5.74, 6) is 0.638. The highest BCUT2D eigenvalue weighted by atomic mass is 16.5. The van der Waals surface area contributed by atoms with Crippen molar-refractivity contribution in [1.29, 1.82) is 0 Å². The molecule has 0 amide bonds. The number of piperidine rings is 2. The highest BCUT2D eigenvalue weighted by Crippen LogP contribution is 2.20. The molecule has 0 aromatic rings. The van der Waals surface area contributed by atoms with Crippen LogP contribution in [0, 0.1) is 5.92 Å². The van der Waals surface area contributed by atoms with E-state index < -0.39 is 0 Å². The largest absolute Gasteiger partial charge is 0.380 e. The summed E-state index contributed by atoms with van der Waals surface area (Å²) in [5, 5.41) is 0. The Hall–Kier alpha value is -0.160.